The lowest BCUT2D eigenvalue weighted by atomic mass is 9.84. The van der Waals surface area contributed by atoms with Gasteiger partial charge in [-0.2, -0.15) is 0 Å². The molecule has 14 heavy (non-hydrogen) atoms. The van der Waals surface area contributed by atoms with Crippen LogP contribution in [-0.4, -0.2) is 18.5 Å². The van der Waals surface area contributed by atoms with E-state index in [2.05, 4.69) is 18.3 Å². The molecule has 0 heterocycles. The van der Waals surface area contributed by atoms with Crippen molar-refractivity contribution in [3.63, 3.8) is 0 Å². The summed E-state index contributed by atoms with van der Waals surface area (Å²) in [6.07, 6.45) is 11.2. The molecule has 0 bridgehead atoms. The largest absolute Gasteiger partial charge is 0.311 e. The van der Waals surface area contributed by atoms with Gasteiger partial charge in [0.05, 0.1) is 0 Å². The molecule has 0 aromatic heterocycles. The summed E-state index contributed by atoms with van der Waals surface area (Å²) in [7, 11) is 0. The van der Waals surface area contributed by atoms with Gasteiger partial charge >= 0.3 is 0 Å². The predicted octanol–water partition coefficient (Wildman–Crippen LogP) is 3.34. The van der Waals surface area contributed by atoms with Gasteiger partial charge in [-0.3, -0.25) is 0 Å². The van der Waals surface area contributed by atoms with E-state index < -0.39 is 0 Å². The van der Waals surface area contributed by atoms with Gasteiger partial charge < -0.3 is 5.32 Å². The van der Waals surface area contributed by atoms with Crippen molar-refractivity contribution in [2.75, 3.05) is 12.4 Å². The fourth-order valence-electron chi connectivity index (χ4n) is 2.20. The van der Waals surface area contributed by atoms with Crippen molar-refractivity contribution in [1.82, 2.24) is 5.32 Å². The highest BCUT2D eigenvalue weighted by atomic mass is 35.5. The topological polar surface area (TPSA) is 12.0 Å². The third-order valence-electron chi connectivity index (χ3n) is 3.17. The van der Waals surface area contributed by atoms with Crippen LogP contribution < -0.4 is 5.32 Å². The van der Waals surface area contributed by atoms with Crippen LogP contribution in [-0.2, 0) is 0 Å². The summed E-state index contributed by atoms with van der Waals surface area (Å²) in [4.78, 5) is 0. The summed E-state index contributed by atoms with van der Waals surface area (Å²) in [6, 6.07) is 0.662. The van der Waals surface area contributed by atoms with Crippen LogP contribution in [0.25, 0.3) is 0 Å². The molecular weight excluding hydrogens is 194 g/mol. The molecule has 1 atom stereocenters. The lowest BCUT2D eigenvalue weighted by Crippen LogP contribution is -2.34. The van der Waals surface area contributed by atoms with E-state index in [0.29, 0.717) is 11.9 Å². The Morgan fingerprint density at radius 1 is 1.29 bits per heavy atom. The van der Waals surface area contributed by atoms with Crippen LogP contribution in [0.3, 0.4) is 0 Å². The quantitative estimate of drug-likeness (QED) is 0.548. The second-order valence-corrected chi connectivity index (χ2v) is 4.53. The molecule has 1 aliphatic carbocycles. The zero-order valence-electron chi connectivity index (χ0n) is 9.14. The summed E-state index contributed by atoms with van der Waals surface area (Å²) in [5.41, 5.74) is 0. The van der Waals surface area contributed by atoms with Gasteiger partial charge in [0.1, 0.15) is 0 Å². The number of halogens is 1. The smallest absolute Gasteiger partial charge is 0.0404 e. The van der Waals surface area contributed by atoms with E-state index in [1.165, 1.54) is 32.1 Å². The Labute approximate surface area is 92.9 Å². The van der Waals surface area contributed by atoms with Gasteiger partial charge in [0, 0.05) is 18.5 Å². The van der Waals surface area contributed by atoms with Crippen LogP contribution in [0, 0.1) is 5.92 Å². The number of hydrogen-bond acceptors (Lipinski definition) is 1. The van der Waals surface area contributed by atoms with Crippen molar-refractivity contribution in [3.05, 3.63) is 12.2 Å². The van der Waals surface area contributed by atoms with Crippen molar-refractivity contribution >= 4 is 11.6 Å². The Bertz CT molecular complexity index is 162. The molecule has 0 aromatic rings. The molecule has 1 saturated carbocycles. The molecule has 1 fully saturated rings. The molecular formula is C12H22ClN. The van der Waals surface area contributed by atoms with Crippen LogP contribution in [0.15, 0.2) is 12.2 Å². The third-order valence-corrected chi connectivity index (χ3v) is 3.35. The monoisotopic (exact) mass is 215 g/mol. The molecule has 0 unspecified atom stereocenters. The second-order valence-electron chi connectivity index (χ2n) is 4.22. The average molecular weight is 216 g/mol. The fourth-order valence-corrected chi connectivity index (χ4v) is 2.33. The SMILES string of the molecule is C[C@@H](NC/C=C/CCl)C1CCCCC1. The number of alkyl halides is 1. The zero-order chi connectivity index (χ0) is 10.2. The summed E-state index contributed by atoms with van der Waals surface area (Å²) >= 11 is 5.55. The zero-order valence-corrected chi connectivity index (χ0v) is 9.89. The second kappa shape index (κ2) is 7.30. The molecule has 0 spiro atoms. The number of rotatable bonds is 5. The van der Waals surface area contributed by atoms with E-state index in [1.807, 2.05) is 6.08 Å². The molecule has 1 nitrogen and oxygen atoms in total. The fraction of sp³-hybridized carbons (Fsp3) is 0.833. The lowest BCUT2D eigenvalue weighted by molar-refractivity contribution is 0.287. The molecule has 2 heteroatoms. The maximum atomic E-state index is 5.55. The van der Waals surface area contributed by atoms with Crippen LogP contribution in [0.2, 0.25) is 0 Å². The van der Waals surface area contributed by atoms with Crippen molar-refractivity contribution in [3.8, 4) is 0 Å². The molecule has 0 aliphatic heterocycles. The highest BCUT2D eigenvalue weighted by Crippen LogP contribution is 2.26. The first-order chi connectivity index (χ1) is 6.84. The van der Waals surface area contributed by atoms with Gasteiger partial charge in [0.25, 0.3) is 0 Å². The highest BCUT2D eigenvalue weighted by molar-refractivity contribution is 6.18. The van der Waals surface area contributed by atoms with Crippen molar-refractivity contribution in [2.45, 2.75) is 45.1 Å². The molecule has 0 aromatic carbocycles. The molecule has 1 N–H and O–H groups in total. The minimum atomic E-state index is 0.624. The van der Waals surface area contributed by atoms with Gasteiger partial charge in [-0.15, -0.1) is 11.6 Å². The van der Waals surface area contributed by atoms with Gasteiger partial charge in [0.2, 0.25) is 0 Å². The lowest BCUT2D eigenvalue weighted by Gasteiger charge is -2.28. The number of nitrogens with one attached hydrogen (secondary N) is 1. The molecule has 1 aliphatic rings. The van der Waals surface area contributed by atoms with E-state index >= 15 is 0 Å². The van der Waals surface area contributed by atoms with E-state index in [9.17, 15) is 0 Å². The van der Waals surface area contributed by atoms with Crippen LogP contribution in [0.1, 0.15) is 39.0 Å². The molecule has 0 amide bonds. The Morgan fingerprint density at radius 3 is 2.64 bits per heavy atom. The maximum Gasteiger partial charge on any atom is 0.0404 e. The van der Waals surface area contributed by atoms with E-state index in [-0.39, 0.29) is 0 Å². The average Bonchev–Trinajstić information content (AvgIpc) is 2.25. The Morgan fingerprint density at radius 2 is 2.00 bits per heavy atom. The molecule has 1 rings (SSSR count). The van der Waals surface area contributed by atoms with E-state index in [0.717, 1.165) is 12.5 Å². The van der Waals surface area contributed by atoms with Crippen LogP contribution in [0.5, 0.6) is 0 Å². The summed E-state index contributed by atoms with van der Waals surface area (Å²) in [6.45, 7) is 3.27. The van der Waals surface area contributed by atoms with Crippen LogP contribution in [0.4, 0.5) is 0 Å². The summed E-state index contributed by atoms with van der Waals surface area (Å²) in [5.74, 6) is 1.52. The van der Waals surface area contributed by atoms with Gasteiger partial charge in [-0.25, -0.2) is 0 Å². The standard InChI is InChI=1S/C12H22ClN/c1-11(14-10-6-5-9-13)12-7-3-2-4-8-12/h5-6,11-12,14H,2-4,7-10H2,1H3/b6-5+/t11-/m1/s1. The van der Waals surface area contributed by atoms with Crippen molar-refractivity contribution < 1.29 is 0 Å². The molecule has 82 valence electrons. The van der Waals surface area contributed by atoms with Gasteiger partial charge in [-0.05, 0) is 25.7 Å². The number of hydrogen-bond donors (Lipinski definition) is 1. The van der Waals surface area contributed by atoms with Gasteiger partial charge in [-0.1, -0.05) is 31.4 Å². The Hall–Kier alpha value is -0.0100. The first-order valence-corrected chi connectivity index (χ1v) is 6.32. The minimum absolute atomic E-state index is 0.624. The minimum Gasteiger partial charge on any atom is -0.311 e. The normalized spacial score (nSPS) is 21.6. The van der Waals surface area contributed by atoms with E-state index in [1.54, 1.807) is 0 Å². The highest BCUT2D eigenvalue weighted by Gasteiger charge is 2.18. The van der Waals surface area contributed by atoms with Gasteiger partial charge in [0.15, 0.2) is 0 Å². The Kier molecular flexibility index (Phi) is 6.29. The first-order valence-electron chi connectivity index (χ1n) is 5.79. The van der Waals surface area contributed by atoms with E-state index in [4.69, 9.17) is 11.6 Å². The van der Waals surface area contributed by atoms with Crippen LogP contribution >= 0.6 is 11.6 Å². The van der Waals surface area contributed by atoms with Crippen molar-refractivity contribution in [1.29, 1.82) is 0 Å². The molecule has 0 radical (unpaired) electrons. The summed E-state index contributed by atoms with van der Waals surface area (Å²) < 4.78 is 0. The molecule has 0 saturated heterocycles. The van der Waals surface area contributed by atoms with Crippen molar-refractivity contribution in [2.24, 2.45) is 5.92 Å². The first kappa shape index (κ1) is 12.1. The Balaban J connectivity index is 2.13. The third kappa shape index (κ3) is 4.47. The summed E-state index contributed by atoms with van der Waals surface area (Å²) in [5, 5.41) is 3.54. The maximum absolute atomic E-state index is 5.55. The number of allylic oxidation sites excluding steroid dienone is 1. The predicted molar refractivity (Wildman–Crippen MR) is 63.9 cm³/mol.